The molecule has 5 atom stereocenters. The molecule has 1 N–H and O–H groups in total. The second kappa shape index (κ2) is 6.91. The highest BCUT2D eigenvalue weighted by Gasteiger charge is 2.69. The number of rotatable bonds is 4. The maximum atomic E-state index is 13.9. The van der Waals surface area contributed by atoms with E-state index in [9.17, 15) is 14.7 Å². The van der Waals surface area contributed by atoms with Gasteiger partial charge in [0, 0.05) is 22.8 Å². The van der Waals surface area contributed by atoms with Gasteiger partial charge in [-0.05, 0) is 49.2 Å². The van der Waals surface area contributed by atoms with Crippen molar-refractivity contribution in [2.24, 2.45) is 17.8 Å². The Bertz CT molecular complexity index is 1170. The molecule has 4 aliphatic rings. The summed E-state index contributed by atoms with van der Waals surface area (Å²) >= 11 is 0. The number of hydrogen-bond donors (Lipinski definition) is 1. The summed E-state index contributed by atoms with van der Waals surface area (Å²) < 4.78 is 10.6. The summed E-state index contributed by atoms with van der Waals surface area (Å²) in [6.45, 7) is 3.47. The highest BCUT2D eigenvalue weighted by molar-refractivity contribution is 6.26. The van der Waals surface area contributed by atoms with Gasteiger partial charge in [-0.3, -0.25) is 9.59 Å². The normalized spacial score (nSPS) is 33.0. The van der Waals surface area contributed by atoms with E-state index in [1.807, 2.05) is 67.6 Å². The molecular weight excluding hydrogens is 404 g/mol. The fraction of sp³-hybridized carbons (Fsp3) is 0.333. The van der Waals surface area contributed by atoms with E-state index in [0.29, 0.717) is 17.1 Å². The third-order valence-electron chi connectivity index (χ3n) is 7.58. The molecule has 5 heteroatoms. The molecule has 0 saturated heterocycles. The number of ketones is 2. The molecule has 0 aromatic heterocycles. The quantitative estimate of drug-likeness (QED) is 0.748. The first-order valence-electron chi connectivity index (χ1n) is 10.8. The molecule has 1 saturated carbocycles. The van der Waals surface area contributed by atoms with Crippen LogP contribution in [0.2, 0.25) is 0 Å². The summed E-state index contributed by atoms with van der Waals surface area (Å²) in [4.78, 5) is 27.4. The van der Waals surface area contributed by atoms with Gasteiger partial charge < -0.3 is 14.6 Å². The third kappa shape index (κ3) is 2.54. The Morgan fingerprint density at radius 3 is 2.03 bits per heavy atom. The number of allylic oxidation sites excluding steroid dienone is 3. The number of fused-ring (bicyclic) bond motifs is 1. The summed E-state index contributed by atoms with van der Waals surface area (Å²) in [5, 5.41) is 11.2. The van der Waals surface area contributed by atoms with E-state index in [4.69, 9.17) is 9.47 Å². The Kier molecular flexibility index (Phi) is 4.47. The Labute approximate surface area is 187 Å². The zero-order valence-corrected chi connectivity index (χ0v) is 18.6. The predicted octanol–water partition coefficient (Wildman–Crippen LogP) is 3.75. The first kappa shape index (κ1) is 20.7. The molecule has 1 fully saturated rings. The van der Waals surface area contributed by atoms with Gasteiger partial charge in [0.25, 0.3) is 0 Å². The van der Waals surface area contributed by atoms with Crippen LogP contribution in [0.5, 0.6) is 11.5 Å². The van der Waals surface area contributed by atoms with Crippen molar-refractivity contribution in [1.82, 2.24) is 0 Å². The molecule has 0 spiro atoms. The largest absolute Gasteiger partial charge is 0.497 e. The third-order valence-corrected chi connectivity index (χ3v) is 7.58. The summed E-state index contributed by atoms with van der Waals surface area (Å²) in [5.41, 5.74) is 0.717. The molecule has 0 unspecified atom stereocenters. The molecule has 2 aromatic rings. The van der Waals surface area contributed by atoms with Gasteiger partial charge in [0.2, 0.25) is 0 Å². The molecule has 6 rings (SSSR count). The minimum absolute atomic E-state index is 0.0440. The molecule has 5 nitrogen and oxygen atoms in total. The van der Waals surface area contributed by atoms with Crippen molar-refractivity contribution in [2.45, 2.75) is 24.9 Å². The van der Waals surface area contributed by atoms with Gasteiger partial charge >= 0.3 is 0 Å². The highest BCUT2D eigenvalue weighted by Crippen LogP contribution is 2.63. The average Bonchev–Trinajstić information content (AvgIpc) is 3.11. The first-order chi connectivity index (χ1) is 15.3. The van der Waals surface area contributed by atoms with Crippen LogP contribution in [0.3, 0.4) is 0 Å². The summed E-state index contributed by atoms with van der Waals surface area (Å²) in [5.74, 6) is -0.626. The van der Waals surface area contributed by atoms with Crippen LogP contribution in [-0.2, 0) is 15.0 Å². The van der Waals surface area contributed by atoms with E-state index in [-0.39, 0.29) is 11.6 Å². The Morgan fingerprint density at radius 1 is 0.906 bits per heavy atom. The molecule has 32 heavy (non-hydrogen) atoms. The van der Waals surface area contributed by atoms with Crippen LogP contribution in [-0.4, -0.2) is 36.5 Å². The maximum absolute atomic E-state index is 13.9. The lowest BCUT2D eigenvalue weighted by molar-refractivity contribution is -0.160. The van der Waals surface area contributed by atoms with Crippen molar-refractivity contribution in [3.8, 4) is 11.5 Å². The van der Waals surface area contributed by atoms with Crippen molar-refractivity contribution >= 4 is 17.1 Å². The maximum Gasteiger partial charge on any atom is 0.172 e. The molecule has 2 aromatic carbocycles. The topological polar surface area (TPSA) is 72.8 Å². The lowest BCUT2D eigenvalue weighted by Gasteiger charge is -2.56. The molecule has 164 valence electrons. The van der Waals surface area contributed by atoms with Crippen LogP contribution >= 0.6 is 0 Å². The van der Waals surface area contributed by atoms with Gasteiger partial charge in [-0.2, -0.15) is 0 Å². The minimum Gasteiger partial charge on any atom is -0.497 e. The van der Waals surface area contributed by atoms with E-state index in [1.54, 1.807) is 21.1 Å². The molecule has 4 aliphatic carbocycles. The van der Waals surface area contributed by atoms with E-state index in [1.165, 1.54) is 0 Å². The number of ether oxygens (including phenoxy) is 2. The van der Waals surface area contributed by atoms with Crippen LogP contribution in [0.4, 0.5) is 0 Å². The Balaban J connectivity index is 1.76. The molecular formula is C27H26O5. The predicted molar refractivity (Wildman–Crippen MR) is 121 cm³/mol. The highest BCUT2D eigenvalue weighted by atomic mass is 16.5. The van der Waals surface area contributed by atoms with Crippen molar-refractivity contribution in [3.63, 3.8) is 0 Å². The minimum atomic E-state index is -1.58. The van der Waals surface area contributed by atoms with Crippen LogP contribution in [0.15, 0.2) is 66.3 Å². The SMILES string of the molecule is COc1ccc(C2=C[C@@]3(c4ccc(OC)cc4)[C@@H]4C(=O)[C@](C)(O)[C@@H](C=C4C)[C@H]3C2=O)cc1. The van der Waals surface area contributed by atoms with Crippen LogP contribution < -0.4 is 9.47 Å². The molecule has 0 amide bonds. The van der Waals surface area contributed by atoms with Gasteiger partial charge in [0.15, 0.2) is 11.6 Å². The Morgan fingerprint density at radius 2 is 1.47 bits per heavy atom. The van der Waals surface area contributed by atoms with Crippen LogP contribution in [0.25, 0.3) is 5.57 Å². The van der Waals surface area contributed by atoms with Crippen LogP contribution in [0.1, 0.15) is 25.0 Å². The standard InChI is InChI=1S/C27H26O5/c1-15-13-21-23-24(28)20(16-5-9-18(31-3)10-6-16)14-27(23,22(15)25(29)26(21,2)30)17-7-11-19(32-4)12-8-17/h5-14,21-23,30H,1-4H3/t21-,22-,23-,26+,27+/m0/s1. The number of hydrogen-bond acceptors (Lipinski definition) is 5. The van der Waals surface area contributed by atoms with Gasteiger partial charge in [-0.15, -0.1) is 0 Å². The average molecular weight is 431 g/mol. The van der Waals surface area contributed by atoms with E-state index in [2.05, 4.69) is 0 Å². The van der Waals surface area contributed by atoms with Crippen molar-refractivity contribution < 1.29 is 24.2 Å². The van der Waals surface area contributed by atoms with Gasteiger partial charge in [0.05, 0.1) is 20.1 Å². The molecule has 2 bridgehead atoms. The molecule has 0 aliphatic heterocycles. The summed E-state index contributed by atoms with van der Waals surface area (Å²) in [6.07, 6.45) is 3.91. The van der Waals surface area contributed by atoms with Gasteiger partial charge in [0.1, 0.15) is 17.1 Å². The summed E-state index contributed by atoms with van der Waals surface area (Å²) in [6, 6.07) is 15.0. The van der Waals surface area contributed by atoms with E-state index in [0.717, 1.165) is 16.7 Å². The smallest absolute Gasteiger partial charge is 0.172 e. The number of benzene rings is 2. The number of carbonyl (C=O) groups is 2. The Hall–Kier alpha value is -3.18. The second-order valence-electron chi connectivity index (χ2n) is 9.17. The van der Waals surface area contributed by atoms with Crippen molar-refractivity contribution in [1.29, 1.82) is 0 Å². The zero-order chi connectivity index (χ0) is 22.8. The first-order valence-corrected chi connectivity index (χ1v) is 10.8. The van der Waals surface area contributed by atoms with E-state index >= 15 is 0 Å². The number of Topliss-reactive ketones (excluding diaryl/α,β-unsaturated/α-hetero) is 2. The fourth-order valence-corrected chi connectivity index (χ4v) is 6.03. The number of carbonyl (C=O) groups excluding carboxylic acids is 2. The monoisotopic (exact) mass is 430 g/mol. The summed E-state index contributed by atoms with van der Waals surface area (Å²) in [7, 11) is 3.20. The second-order valence-corrected chi connectivity index (χ2v) is 9.17. The molecule has 0 radical (unpaired) electrons. The zero-order valence-electron chi connectivity index (χ0n) is 18.6. The molecule has 0 heterocycles. The number of methoxy groups -OCH3 is 2. The van der Waals surface area contributed by atoms with Gasteiger partial charge in [-0.25, -0.2) is 0 Å². The number of aliphatic hydroxyl groups is 1. The lowest BCUT2D eigenvalue weighted by Crippen LogP contribution is -2.66. The van der Waals surface area contributed by atoms with Crippen molar-refractivity contribution in [2.75, 3.05) is 14.2 Å². The van der Waals surface area contributed by atoms with E-state index < -0.39 is 28.8 Å². The van der Waals surface area contributed by atoms with Crippen molar-refractivity contribution in [3.05, 3.63) is 77.4 Å². The lowest BCUT2D eigenvalue weighted by atomic mass is 9.45. The van der Waals surface area contributed by atoms with Gasteiger partial charge in [-0.1, -0.05) is 42.0 Å². The fourth-order valence-electron chi connectivity index (χ4n) is 6.03. The van der Waals surface area contributed by atoms with Crippen LogP contribution in [0, 0.1) is 17.8 Å².